The Morgan fingerprint density at radius 1 is 0.906 bits per heavy atom. The molecule has 7 N–H and O–H groups in total. The van der Waals surface area contributed by atoms with Gasteiger partial charge in [-0.05, 0) is 52.4 Å². The summed E-state index contributed by atoms with van der Waals surface area (Å²) in [6, 6.07) is 0. The van der Waals surface area contributed by atoms with Crippen LogP contribution in [0.15, 0.2) is 0 Å². The molecule has 2 rings (SSSR count). The molecule has 0 aromatic heterocycles. The van der Waals surface area contributed by atoms with Crippen LogP contribution in [0.4, 0.5) is 0 Å². The second-order valence-electron chi connectivity index (χ2n) is 9.94. The molecule has 0 spiro atoms. The van der Waals surface area contributed by atoms with E-state index in [2.05, 4.69) is 0 Å². The number of aliphatic hydroxyl groups excluding tert-OH is 1. The second kappa shape index (κ2) is 17.6. The van der Waals surface area contributed by atoms with Crippen LogP contribution in [0.3, 0.4) is 0 Å². The van der Waals surface area contributed by atoms with Gasteiger partial charge in [-0.25, -0.2) is 0 Å². The molecule has 0 aromatic rings. The second-order valence-corrected chi connectivity index (χ2v) is 10.9. The fourth-order valence-corrected chi connectivity index (χ4v) is 3.68. The Bertz CT molecular complexity index is 489. The lowest BCUT2D eigenvalue weighted by atomic mass is 9.87. The summed E-state index contributed by atoms with van der Waals surface area (Å²) in [6.45, 7) is 7.13. The molecule has 0 bridgehead atoms. The van der Waals surface area contributed by atoms with Gasteiger partial charge in [-0.3, -0.25) is 9.59 Å². The number of hydrogen-bond acceptors (Lipinski definition) is 6. The Morgan fingerprint density at radius 2 is 1.28 bits per heavy atom. The summed E-state index contributed by atoms with van der Waals surface area (Å²) in [5, 5.41) is 16.7. The summed E-state index contributed by atoms with van der Waals surface area (Å²) < 4.78 is 5.14. The Balaban J connectivity index is 0. The third-order valence-electron chi connectivity index (χ3n) is 5.78. The van der Waals surface area contributed by atoms with E-state index in [4.69, 9.17) is 32.3 Å². The van der Waals surface area contributed by atoms with Crippen molar-refractivity contribution >= 4 is 23.5 Å². The average molecular weight is 481 g/mol. The zero-order chi connectivity index (χ0) is 23.9. The van der Waals surface area contributed by atoms with Crippen LogP contribution in [0.1, 0.15) is 105 Å². The number of carbonyl (C=O) groups is 2. The largest absolute Gasteiger partial charge is 0.480 e. The van der Waals surface area contributed by atoms with Crippen molar-refractivity contribution in [2.45, 2.75) is 115 Å². The van der Waals surface area contributed by atoms with E-state index < -0.39 is 16.4 Å². The van der Waals surface area contributed by atoms with Crippen LogP contribution in [-0.2, 0) is 14.3 Å². The van der Waals surface area contributed by atoms with Crippen LogP contribution in [0.2, 0.25) is 0 Å². The normalized spacial score (nSPS) is 17.6. The highest BCUT2D eigenvalue weighted by atomic mass is 35.5. The van der Waals surface area contributed by atoms with Crippen LogP contribution in [0, 0.1) is 11.8 Å². The Labute approximate surface area is 200 Å². The first-order chi connectivity index (χ1) is 14.4. The van der Waals surface area contributed by atoms with Gasteiger partial charge in [0.15, 0.2) is 0 Å². The van der Waals surface area contributed by atoms with Crippen molar-refractivity contribution in [3.05, 3.63) is 0 Å². The number of carboxylic acids is 1. The molecule has 0 atom stereocenters. The van der Waals surface area contributed by atoms with Gasteiger partial charge in [0.1, 0.15) is 10.4 Å². The highest BCUT2D eigenvalue weighted by molar-refractivity contribution is 6.33. The zero-order valence-electron chi connectivity index (χ0n) is 20.8. The molecule has 2 aliphatic rings. The smallest absolute Gasteiger partial charge is 0.326 e. The minimum atomic E-state index is -1.08. The predicted molar refractivity (Wildman–Crippen MR) is 131 cm³/mol. The molecule has 32 heavy (non-hydrogen) atoms. The molecule has 192 valence electrons. The number of halogens is 1. The molecule has 2 aliphatic carbocycles. The van der Waals surface area contributed by atoms with E-state index in [-0.39, 0.29) is 12.1 Å². The van der Waals surface area contributed by atoms with E-state index >= 15 is 0 Å². The van der Waals surface area contributed by atoms with E-state index in [1.807, 2.05) is 0 Å². The number of esters is 1. The van der Waals surface area contributed by atoms with Crippen molar-refractivity contribution in [2.24, 2.45) is 17.6 Å². The molecule has 2 saturated carbocycles. The molecular weight excluding hydrogens is 432 g/mol. The third kappa shape index (κ3) is 17.6. The van der Waals surface area contributed by atoms with Crippen LogP contribution >= 0.6 is 11.6 Å². The molecule has 0 saturated heterocycles. The number of hydrogen-bond donors (Lipinski definition) is 4. The van der Waals surface area contributed by atoms with Crippen LogP contribution in [0.25, 0.3) is 0 Å². The van der Waals surface area contributed by atoms with Gasteiger partial charge < -0.3 is 26.8 Å². The summed E-state index contributed by atoms with van der Waals surface area (Å²) in [4.78, 5) is 20.4. The van der Waals surface area contributed by atoms with Gasteiger partial charge in [0.2, 0.25) is 0 Å². The number of aliphatic hydroxyl groups is 1. The number of rotatable bonds is 7. The average Bonchev–Trinajstić information content (AvgIpc) is 2.69. The lowest BCUT2D eigenvalue weighted by Gasteiger charge is -2.22. The van der Waals surface area contributed by atoms with Crippen molar-refractivity contribution in [3.8, 4) is 0 Å². The van der Waals surface area contributed by atoms with E-state index in [1.54, 1.807) is 13.8 Å². The van der Waals surface area contributed by atoms with Crippen LogP contribution in [0.5, 0.6) is 0 Å². The van der Waals surface area contributed by atoms with Crippen molar-refractivity contribution in [3.63, 3.8) is 0 Å². The number of carbonyl (C=O) groups excluding carboxylic acids is 1. The van der Waals surface area contributed by atoms with Gasteiger partial charge >= 0.3 is 11.9 Å². The standard InChI is InChI=1S/C12H21ClO2.C8H16O.C4H9NO2.H3N/c1-12(2,13)11(14)15-9-8-10-6-4-3-5-7-10;9-7-6-8-4-2-1-3-5-8;1-4(2,5)3(6)7;/h10H,3-9H2,1-2H3;8-9H,1-7H2;5H2,1-2H3,(H,6,7);1H3. The van der Waals surface area contributed by atoms with Gasteiger partial charge in [-0.2, -0.15) is 0 Å². The molecule has 0 heterocycles. The number of aliphatic carboxylic acids is 1. The molecule has 0 aliphatic heterocycles. The minimum absolute atomic E-state index is 0. The highest BCUT2D eigenvalue weighted by Crippen LogP contribution is 2.27. The summed E-state index contributed by atoms with van der Waals surface area (Å²) in [6.07, 6.45) is 15.6. The molecule has 7 nitrogen and oxygen atoms in total. The SMILES string of the molecule is CC(C)(Cl)C(=O)OCCC1CCCCC1.CC(C)(N)C(=O)O.N.OCCC1CCCCC1. The van der Waals surface area contributed by atoms with Crippen LogP contribution < -0.4 is 11.9 Å². The molecule has 0 aromatic carbocycles. The molecule has 8 heteroatoms. The monoisotopic (exact) mass is 480 g/mol. The lowest BCUT2D eigenvalue weighted by Crippen LogP contribution is -2.41. The minimum Gasteiger partial charge on any atom is -0.480 e. The first-order valence-corrected chi connectivity index (χ1v) is 12.2. The lowest BCUT2D eigenvalue weighted by molar-refractivity contribution is -0.146. The third-order valence-corrected chi connectivity index (χ3v) is 5.94. The Kier molecular flexibility index (Phi) is 18.3. The summed E-state index contributed by atoms with van der Waals surface area (Å²) in [7, 11) is 0. The first-order valence-electron chi connectivity index (χ1n) is 11.9. The van der Waals surface area contributed by atoms with E-state index in [0.29, 0.717) is 13.2 Å². The Hall–Kier alpha value is -0.890. The fourth-order valence-electron chi connectivity index (χ4n) is 3.62. The molecule has 2 fully saturated rings. The first kappa shape index (κ1) is 33.3. The fraction of sp³-hybridized carbons (Fsp3) is 0.917. The number of alkyl halides is 1. The Morgan fingerprint density at radius 3 is 1.59 bits per heavy atom. The van der Waals surface area contributed by atoms with Crippen LogP contribution in [-0.4, -0.2) is 45.8 Å². The molecular formula is C24H49ClN2O5. The van der Waals surface area contributed by atoms with Crippen molar-refractivity contribution in [1.29, 1.82) is 0 Å². The van der Waals surface area contributed by atoms with Gasteiger partial charge in [0, 0.05) is 6.61 Å². The number of carboxylic acid groups (broad SMARTS) is 1. The van der Waals surface area contributed by atoms with Crippen molar-refractivity contribution in [1.82, 2.24) is 6.15 Å². The summed E-state index contributed by atoms with van der Waals surface area (Å²) >= 11 is 5.83. The molecule has 0 unspecified atom stereocenters. The number of ether oxygens (including phenoxy) is 1. The topological polar surface area (TPSA) is 145 Å². The molecule has 0 radical (unpaired) electrons. The maximum atomic E-state index is 11.4. The molecule has 0 amide bonds. The van der Waals surface area contributed by atoms with Crippen molar-refractivity contribution < 1.29 is 24.5 Å². The maximum absolute atomic E-state index is 11.4. The number of nitrogens with two attached hydrogens (primary N) is 1. The van der Waals surface area contributed by atoms with Crippen molar-refractivity contribution in [2.75, 3.05) is 13.2 Å². The maximum Gasteiger partial charge on any atom is 0.326 e. The van der Waals surface area contributed by atoms with E-state index in [1.165, 1.54) is 78.1 Å². The highest BCUT2D eigenvalue weighted by Gasteiger charge is 2.26. The summed E-state index contributed by atoms with van der Waals surface area (Å²) in [5.74, 6) is 0.321. The van der Waals surface area contributed by atoms with E-state index in [9.17, 15) is 9.59 Å². The summed E-state index contributed by atoms with van der Waals surface area (Å²) in [5.41, 5.74) is 4.00. The van der Waals surface area contributed by atoms with Gasteiger partial charge in [-0.1, -0.05) is 64.2 Å². The van der Waals surface area contributed by atoms with E-state index in [0.717, 1.165) is 24.7 Å². The zero-order valence-corrected chi connectivity index (χ0v) is 21.6. The van der Waals surface area contributed by atoms with Gasteiger partial charge in [0.05, 0.1) is 6.61 Å². The quantitative estimate of drug-likeness (QED) is 0.280. The van der Waals surface area contributed by atoms with Gasteiger partial charge in [-0.15, -0.1) is 11.6 Å². The predicted octanol–water partition coefficient (Wildman–Crippen LogP) is 5.44. The van der Waals surface area contributed by atoms with Gasteiger partial charge in [0.25, 0.3) is 0 Å².